The average molecular weight is 252 g/mol. The van der Waals surface area contributed by atoms with Crippen LogP contribution in [0.2, 0.25) is 0 Å². The molecule has 94 valence electrons. The first-order valence-corrected chi connectivity index (χ1v) is 5.32. The van der Waals surface area contributed by atoms with Gasteiger partial charge in [-0.2, -0.15) is 13.2 Å². The molecule has 0 spiro atoms. The maximum Gasteiger partial charge on any atom is 0.417 e. The van der Waals surface area contributed by atoms with Gasteiger partial charge in [0.2, 0.25) is 0 Å². The van der Waals surface area contributed by atoms with Crippen molar-refractivity contribution < 1.29 is 13.2 Å². The van der Waals surface area contributed by atoms with Crippen LogP contribution in [-0.2, 0) is 6.18 Å². The van der Waals surface area contributed by atoms with Gasteiger partial charge in [0, 0.05) is 6.20 Å². The van der Waals surface area contributed by atoms with E-state index in [2.05, 4.69) is 4.98 Å². The van der Waals surface area contributed by atoms with Crippen molar-refractivity contribution in [2.75, 3.05) is 0 Å². The zero-order chi connectivity index (χ0) is 13.2. The lowest BCUT2D eigenvalue weighted by Gasteiger charge is -2.12. The first-order valence-electron chi connectivity index (χ1n) is 5.32. The van der Waals surface area contributed by atoms with Crippen molar-refractivity contribution in [2.45, 2.75) is 12.2 Å². The average Bonchev–Trinajstić information content (AvgIpc) is 2.38. The third-order valence-electron chi connectivity index (χ3n) is 2.59. The Morgan fingerprint density at radius 1 is 1.00 bits per heavy atom. The number of alkyl halides is 3. The second-order valence-corrected chi connectivity index (χ2v) is 3.86. The number of hydrogen-bond donors (Lipinski definition) is 1. The number of aromatic nitrogens is 1. The minimum atomic E-state index is -4.37. The van der Waals surface area contributed by atoms with Crippen LogP contribution in [0, 0.1) is 0 Å². The maximum atomic E-state index is 12.4. The number of benzene rings is 1. The Labute approximate surface area is 102 Å². The molecule has 18 heavy (non-hydrogen) atoms. The zero-order valence-corrected chi connectivity index (χ0v) is 9.35. The van der Waals surface area contributed by atoms with Gasteiger partial charge in [0.1, 0.15) is 0 Å². The molecule has 2 rings (SSSR count). The number of nitrogens with zero attached hydrogens (tertiary/aromatic N) is 1. The molecule has 0 bridgehead atoms. The molecule has 2 aromatic rings. The van der Waals surface area contributed by atoms with E-state index in [0.29, 0.717) is 5.69 Å². The van der Waals surface area contributed by atoms with Gasteiger partial charge in [0.25, 0.3) is 0 Å². The number of nitrogens with two attached hydrogens (primary N) is 1. The summed E-state index contributed by atoms with van der Waals surface area (Å²) in [6, 6.07) is 10.9. The van der Waals surface area contributed by atoms with Gasteiger partial charge in [-0.15, -0.1) is 0 Å². The van der Waals surface area contributed by atoms with Gasteiger partial charge < -0.3 is 5.73 Å². The molecule has 1 heterocycles. The molecule has 0 radical (unpaired) electrons. The second-order valence-electron chi connectivity index (χ2n) is 3.86. The van der Waals surface area contributed by atoms with Crippen molar-refractivity contribution in [1.29, 1.82) is 0 Å². The van der Waals surface area contributed by atoms with Crippen molar-refractivity contribution in [3.8, 4) is 0 Å². The van der Waals surface area contributed by atoms with Gasteiger partial charge in [-0.1, -0.05) is 30.3 Å². The fourth-order valence-electron chi connectivity index (χ4n) is 1.59. The van der Waals surface area contributed by atoms with Crippen LogP contribution in [-0.4, -0.2) is 4.98 Å². The summed E-state index contributed by atoms with van der Waals surface area (Å²) in [5, 5.41) is 0. The SMILES string of the molecule is NC(c1ccccc1)c1ccc(C(F)(F)F)cn1. The minimum absolute atomic E-state index is 0.411. The smallest absolute Gasteiger partial charge is 0.319 e. The molecule has 0 fully saturated rings. The number of rotatable bonds is 2. The van der Waals surface area contributed by atoms with Crippen molar-refractivity contribution >= 4 is 0 Å². The van der Waals surface area contributed by atoms with E-state index >= 15 is 0 Å². The Morgan fingerprint density at radius 2 is 1.67 bits per heavy atom. The molecule has 1 aromatic heterocycles. The first kappa shape index (κ1) is 12.6. The van der Waals surface area contributed by atoms with Crippen molar-refractivity contribution in [1.82, 2.24) is 4.98 Å². The summed E-state index contributed by atoms with van der Waals surface area (Å²) in [5.74, 6) is 0. The molecule has 2 N–H and O–H groups in total. The van der Waals surface area contributed by atoms with E-state index in [0.717, 1.165) is 17.8 Å². The predicted molar refractivity (Wildman–Crippen MR) is 61.7 cm³/mol. The van der Waals surface area contributed by atoms with Crippen LogP contribution in [0.1, 0.15) is 22.9 Å². The summed E-state index contributed by atoms with van der Waals surface area (Å²) in [6.07, 6.45) is -3.57. The quantitative estimate of drug-likeness (QED) is 0.891. The lowest BCUT2D eigenvalue weighted by atomic mass is 10.0. The highest BCUT2D eigenvalue weighted by atomic mass is 19.4. The van der Waals surface area contributed by atoms with Gasteiger partial charge in [0.15, 0.2) is 0 Å². The van der Waals surface area contributed by atoms with Crippen LogP contribution < -0.4 is 5.73 Å². The molecule has 1 unspecified atom stereocenters. The highest BCUT2D eigenvalue weighted by Crippen LogP contribution is 2.29. The Balaban J connectivity index is 2.25. The summed E-state index contributed by atoms with van der Waals surface area (Å²) in [7, 11) is 0. The summed E-state index contributed by atoms with van der Waals surface area (Å²) in [5.41, 5.74) is 6.38. The van der Waals surface area contributed by atoms with E-state index in [1.807, 2.05) is 30.3 Å². The summed E-state index contributed by atoms with van der Waals surface area (Å²) < 4.78 is 37.1. The molecule has 2 nitrogen and oxygen atoms in total. The highest BCUT2D eigenvalue weighted by molar-refractivity contribution is 5.28. The first-order chi connectivity index (χ1) is 8.48. The standard InChI is InChI=1S/C13H11F3N2/c14-13(15,16)10-6-7-11(18-8-10)12(17)9-4-2-1-3-5-9/h1-8,12H,17H2. The van der Waals surface area contributed by atoms with E-state index in [4.69, 9.17) is 5.73 Å². The molecule has 0 aliphatic heterocycles. The summed E-state index contributed by atoms with van der Waals surface area (Å²) >= 11 is 0. The predicted octanol–water partition coefficient (Wildman–Crippen LogP) is 3.15. The third kappa shape index (κ3) is 2.68. The molecule has 1 atom stereocenters. The third-order valence-corrected chi connectivity index (χ3v) is 2.59. The lowest BCUT2D eigenvalue weighted by molar-refractivity contribution is -0.137. The van der Waals surface area contributed by atoms with Gasteiger partial charge in [-0.3, -0.25) is 4.98 Å². The molecule has 0 aliphatic carbocycles. The molecule has 0 saturated heterocycles. The Bertz CT molecular complexity index is 506. The second kappa shape index (κ2) is 4.78. The van der Waals surface area contributed by atoms with Gasteiger partial charge in [-0.05, 0) is 17.7 Å². The Morgan fingerprint density at radius 3 is 2.17 bits per heavy atom. The fraction of sp³-hybridized carbons (Fsp3) is 0.154. The molecule has 1 aromatic carbocycles. The van der Waals surface area contributed by atoms with Gasteiger partial charge in [0.05, 0.1) is 17.3 Å². The molecule has 0 saturated carbocycles. The summed E-state index contributed by atoms with van der Waals surface area (Å²) in [4.78, 5) is 3.78. The van der Waals surface area contributed by atoms with Crippen molar-refractivity contribution in [3.05, 3.63) is 65.5 Å². The normalized spacial score (nSPS) is 13.3. The Hall–Kier alpha value is -1.88. The monoisotopic (exact) mass is 252 g/mol. The van der Waals surface area contributed by atoms with E-state index < -0.39 is 17.8 Å². The molecular weight excluding hydrogens is 241 g/mol. The van der Waals surface area contributed by atoms with Crippen LogP contribution in [0.4, 0.5) is 13.2 Å². The molecular formula is C13H11F3N2. The van der Waals surface area contributed by atoms with Crippen molar-refractivity contribution in [3.63, 3.8) is 0 Å². The number of halogens is 3. The van der Waals surface area contributed by atoms with E-state index in [9.17, 15) is 13.2 Å². The highest BCUT2D eigenvalue weighted by Gasteiger charge is 2.30. The van der Waals surface area contributed by atoms with Crippen LogP contribution in [0.3, 0.4) is 0 Å². The van der Waals surface area contributed by atoms with E-state index in [1.54, 1.807) is 0 Å². The molecule has 5 heteroatoms. The molecule has 0 amide bonds. The van der Waals surface area contributed by atoms with Crippen LogP contribution in [0.15, 0.2) is 48.7 Å². The van der Waals surface area contributed by atoms with Crippen LogP contribution in [0.25, 0.3) is 0 Å². The fourth-order valence-corrected chi connectivity index (χ4v) is 1.59. The largest absolute Gasteiger partial charge is 0.417 e. The van der Waals surface area contributed by atoms with Gasteiger partial charge >= 0.3 is 6.18 Å². The topological polar surface area (TPSA) is 38.9 Å². The number of hydrogen-bond acceptors (Lipinski definition) is 2. The lowest BCUT2D eigenvalue weighted by Crippen LogP contribution is -2.14. The zero-order valence-electron chi connectivity index (χ0n) is 9.35. The van der Waals surface area contributed by atoms with E-state index in [1.165, 1.54) is 6.07 Å². The minimum Gasteiger partial charge on any atom is -0.319 e. The Kier molecular flexibility index (Phi) is 3.34. The van der Waals surface area contributed by atoms with Gasteiger partial charge in [-0.25, -0.2) is 0 Å². The van der Waals surface area contributed by atoms with Crippen molar-refractivity contribution in [2.24, 2.45) is 5.73 Å². The molecule has 0 aliphatic rings. The van der Waals surface area contributed by atoms with E-state index in [-0.39, 0.29) is 0 Å². The number of pyridine rings is 1. The summed E-state index contributed by atoms with van der Waals surface area (Å²) in [6.45, 7) is 0. The van der Waals surface area contributed by atoms with Crippen LogP contribution >= 0.6 is 0 Å². The van der Waals surface area contributed by atoms with Crippen LogP contribution in [0.5, 0.6) is 0 Å². The maximum absolute atomic E-state index is 12.4.